The molecule has 0 atom stereocenters. The summed E-state index contributed by atoms with van der Waals surface area (Å²) < 4.78 is 11.9. The number of hydrogen-bond acceptors (Lipinski definition) is 5. The molecule has 1 N–H and O–H groups in total. The Bertz CT molecular complexity index is 1150. The highest BCUT2D eigenvalue weighted by atomic mass is 35.5. The fraction of sp³-hybridized carbons (Fsp3) is 0.407. The first-order valence-electron chi connectivity index (χ1n) is 11.2. The van der Waals surface area contributed by atoms with Gasteiger partial charge in [0.2, 0.25) is 5.89 Å². The molecule has 0 aliphatic carbocycles. The average Bonchev–Trinajstić information content (AvgIpc) is 3.17. The number of carbonyl (C=O) groups excluding carboxylic acids is 1. The van der Waals surface area contributed by atoms with E-state index in [2.05, 4.69) is 0 Å². The number of Topliss-reactive ketones (excluding diaryl/α,β-unsaturated/α-hetero) is 1. The van der Waals surface area contributed by atoms with Crippen LogP contribution in [-0.2, 0) is 6.42 Å². The van der Waals surface area contributed by atoms with Crippen molar-refractivity contribution >= 4 is 17.4 Å². The molecular formula is C27H32ClNO4. The zero-order valence-electron chi connectivity index (χ0n) is 20.2. The van der Waals surface area contributed by atoms with Gasteiger partial charge in [-0.1, -0.05) is 31.5 Å². The number of aromatic nitrogens is 1. The fourth-order valence-corrected chi connectivity index (χ4v) is 3.86. The van der Waals surface area contributed by atoms with Crippen LogP contribution in [-0.4, -0.2) is 28.1 Å². The van der Waals surface area contributed by atoms with Gasteiger partial charge in [0.05, 0.1) is 22.9 Å². The number of aryl methyl sites for hydroxylation is 3. The highest BCUT2D eigenvalue weighted by Gasteiger charge is 2.22. The van der Waals surface area contributed by atoms with Crippen LogP contribution in [0.1, 0.15) is 73.0 Å². The van der Waals surface area contributed by atoms with E-state index in [1.807, 2.05) is 65.8 Å². The summed E-state index contributed by atoms with van der Waals surface area (Å²) in [5.74, 6) is 2.08. The van der Waals surface area contributed by atoms with Gasteiger partial charge in [0.25, 0.3) is 0 Å². The lowest BCUT2D eigenvalue weighted by Crippen LogP contribution is -2.32. The van der Waals surface area contributed by atoms with Crippen molar-refractivity contribution in [2.45, 2.75) is 65.9 Å². The quantitative estimate of drug-likeness (QED) is 0.353. The first kappa shape index (κ1) is 25.0. The number of halogens is 1. The Morgan fingerprint density at radius 1 is 1.18 bits per heavy atom. The van der Waals surface area contributed by atoms with Crippen molar-refractivity contribution in [1.29, 1.82) is 0 Å². The third-order valence-corrected chi connectivity index (χ3v) is 5.77. The van der Waals surface area contributed by atoms with E-state index in [-0.39, 0.29) is 18.3 Å². The highest BCUT2D eigenvalue weighted by molar-refractivity contribution is 6.33. The number of ether oxygens (including phenoxy) is 1. The van der Waals surface area contributed by atoms with Gasteiger partial charge in [-0.05, 0) is 69.2 Å². The normalized spacial score (nSPS) is 11.8. The van der Waals surface area contributed by atoms with Crippen LogP contribution in [0.4, 0.5) is 0 Å². The molecule has 3 rings (SSSR count). The number of hydrogen-bond donors (Lipinski definition) is 1. The van der Waals surface area contributed by atoms with Crippen LogP contribution >= 0.6 is 11.6 Å². The molecule has 3 aromatic rings. The van der Waals surface area contributed by atoms with E-state index in [1.54, 1.807) is 12.1 Å². The molecule has 5 nitrogen and oxygen atoms in total. The molecule has 176 valence electrons. The average molecular weight is 470 g/mol. The minimum Gasteiger partial charge on any atom is -0.485 e. The maximum Gasteiger partial charge on any atom is 0.228 e. The van der Waals surface area contributed by atoms with E-state index < -0.39 is 5.60 Å². The van der Waals surface area contributed by atoms with Crippen molar-refractivity contribution in [2.75, 3.05) is 6.61 Å². The largest absolute Gasteiger partial charge is 0.485 e. The van der Waals surface area contributed by atoms with Gasteiger partial charge in [0, 0.05) is 24.3 Å². The molecule has 0 aliphatic rings. The van der Waals surface area contributed by atoms with E-state index in [1.165, 1.54) is 0 Å². The molecule has 0 spiro atoms. The van der Waals surface area contributed by atoms with Crippen LogP contribution in [0.15, 0.2) is 40.8 Å². The number of carbonyl (C=O) groups is 1. The molecular weight excluding hydrogens is 438 g/mol. The molecule has 2 aromatic carbocycles. The summed E-state index contributed by atoms with van der Waals surface area (Å²) in [7, 11) is 0. The van der Waals surface area contributed by atoms with Gasteiger partial charge >= 0.3 is 0 Å². The minimum absolute atomic E-state index is 0.0266. The molecule has 1 aromatic heterocycles. The Morgan fingerprint density at radius 2 is 1.91 bits per heavy atom. The zero-order chi connectivity index (χ0) is 24.3. The van der Waals surface area contributed by atoms with Crippen LogP contribution in [0.2, 0.25) is 5.02 Å². The van der Waals surface area contributed by atoms with Gasteiger partial charge in [-0.15, -0.1) is 0 Å². The number of oxazole rings is 1. The van der Waals surface area contributed by atoms with Crippen molar-refractivity contribution in [1.82, 2.24) is 4.98 Å². The smallest absolute Gasteiger partial charge is 0.228 e. The predicted molar refractivity (Wildman–Crippen MR) is 131 cm³/mol. The summed E-state index contributed by atoms with van der Waals surface area (Å²) in [5, 5.41) is 10.0. The third kappa shape index (κ3) is 6.04. The maximum absolute atomic E-state index is 12.9. The molecule has 0 saturated carbocycles. The van der Waals surface area contributed by atoms with E-state index in [9.17, 15) is 9.90 Å². The van der Waals surface area contributed by atoms with E-state index in [0.29, 0.717) is 35.1 Å². The molecule has 6 heteroatoms. The van der Waals surface area contributed by atoms with Crippen molar-refractivity contribution in [3.05, 3.63) is 69.6 Å². The molecule has 0 radical (unpaired) electrons. The summed E-state index contributed by atoms with van der Waals surface area (Å²) >= 11 is 6.41. The highest BCUT2D eigenvalue weighted by Crippen LogP contribution is 2.33. The second-order valence-electron chi connectivity index (χ2n) is 9.39. The summed E-state index contributed by atoms with van der Waals surface area (Å²) in [4.78, 5) is 17.6. The van der Waals surface area contributed by atoms with E-state index in [0.717, 1.165) is 28.1 Å². The number of nitrogens with zero attached hydrogens (tertiary/aromatic N) is 1. The van der Waals surface area contributed by atoms with Crippen molar-refractivity contribution in [3.63, 3.8) is 0 Å². The van der Waals surface area contributed by atoms with Crippen molar-refractivity contribution in [2.24, 2.45) is 0 Å². The molecule has 0 amide bonds. The number of benzene rings is 2. The van der Waals surface area contributed by atoms with Gasteiger partial charge < -0.3 is 14.3 Å². The lowest BCUT2D eigenvalue weighted by Gasteiger charge is -2.25. The first-order chi connectivity index (χ1) is 15.5. The standard InChI is InChI=1S/C27H32ClNO4/c1-16(2)25-22(29-26(32-25)20-9-7-17(3)13-21(20)28)10-11-23(31)19-8-12-24(18(4)14-19)33-27(5,6)15-30/h7-9,12-14,16,30H,10-11,15H2,1-6H3. The lowest BCUT2D eigenvalue weighted by atomic mass is 10.0. The summed E-state index contributed by atoms with van der Waals surface area (Å²) in [6, 6.07) is 11.1. The number of aliphatic hydroxyl groups is 1. The number of ketones is 1. The Kier molecular flexibility index (Phi) is 7.65. The van der Waals surface area contributed by atoms with Crippen molar-refractivity contribution in [3.8, 4) is 17.2 Å². The SMILES string of the molecule is Cc1ccc(-c2nc(CCC(=O)c3ccc(OC(C)(C)CO)c(C)c3)c(C(C)C)o2)c(Cl)c1. The van der Waals surface area contributed by atoms with E-state index in [4.69, 9.17) is 25.7 Å². The maximum atomic E-state index is 12.9. The first-order valence-corrected chi connectivity index (χ1v) is 11.6. The summed E-state index contributed by atoms with van der Waals surface area (Å²) in [6.07, 6.45) is 0.795. The molecule has 0 saturated heterocycles. The lowest BCUT2D eigenvalue weighted by molar-refractivity contribution is 0.0406. The Morgan fingerprint density at radius 3 is 2.52 bits per heavy atom. The predicted octanol–water partition coefficient (Wildman–Crippen LogP) is 6.70. The molecule has 0 bridgehead atoms. The Balaban J connectivity index is 1.77. The van der Waals surface area contributed by atoms with Crippen molar-refractivity contribution < 1.29 is 19.1 Å². The number of rotatable bonds is 9. The second-order valence-corrected chi connectivity index (χ2v) is 9.80. The van der Waals surface area contributed by atoms with Gasteiger partial charge in [-0.25, -0.2) is 4.98 Å². The Hall–Kier alpha value is -2.63. The fourth-order valence-electron chi connectivity index (χ4n) is 3.55. The monoisotopic (exact) mass is 469 g/mol. The van der Waals surface area contributed by atoms with E-state index >= 15 is 0 Å². The van der Waals surface area contributed by atoms with Gasteiger partial charge in [0.15, 0.2) is 5.78 Å². The zero-order valence-corrected chi connectivity index (χ0v) is 20.9. The summed E-state index contributed by atoms with van der Waals surface area (Å²) in [5.41, 5.74) is 3.39. The minimum atomic E-state index is -0.686. The molecule has 0 aliphatic heterocycles. The van der Waals surface area contributed by atoms with Crippen LogP contribution in [0, 0.1) is 13.8 Å². The van der Waals surface area contributed by atoms with Crippen LogP contribution in [0.5, 0.6) is 5.75 Å². The molecule has 0 fully saturated rings. The Labute approximate surface area is 200 Å². The van der Waals surface area contributed by atoms with Crippen LogP contribution < -0.4 is 4.74 Å². The topological polar surface area (TPSA) is 72.6 Å². The van der Waals surface area contributed by atoms with Gasteiger partial charge in [0.1, 0.15) is 17.1 Å². The van der Waals surface area contributed by atoms with Crippen LogP contribution in [0.25, 0.3) is 11.5 Å². The summed E-state index contributed by atoms with van der Waals surface area (Å²) in [6.45, 7) is 11.5. The third-order valence-electron chi connectivity index (χ3n) is 5.46. The van der Waals surface area contributed by atoms with Crippen LogP contribution in [0.3, 0.4) is 0 Å². The van der Waals surface area contributed by atoms with Gasteiger partial charge in [-0.2, -0.15) is 0 Å². The molecule has 0 unspecified atom stereocenters. The molecule has 1 heterocycles. The second kappa shape index (κ2) is 10.1. The van der Waals surface area contributed by atoms with Gasteiger partial charge in [-0.3, -0.25) is 4.79 Å². The number of aliphatic hydroxyl groups excluding tert-OH is 1. The molecule has 33 heavy (non-hydrogen) atoms.